The molecule has 2 heterocycles. The lowest BCUT2D eigenvalue weighted by Crippen LogP contribution is -2.34. The van der Waals surface area contributed by atoms with E-state index in [1.165, 1.54) is 5.56 Å². The van der Waals surface area contributed by atoms with E-state index in [2.05, 4.69) is 17.3 Å². The van der Waals surface area contributed by atoms with Crippen LogP contribution in [0.4, 0.5) is 0 Å². The fraction of sp³-hybridized carbons (Fsp3) is 0.500. The molecule has 1 saturated heterocycles. The third-order valence-corrected chi connectivity index (χ3v) is 5.27. The van der Waals surface area contributed by atoms with Gasteiger partial charge in [-0.3, -0.25) is 4.79 Å². The van der Waals surface area contributed by atoms with Crippen LogP contribution >= 0.6 is 0 Å². The first-order valence-electron chi connectivity index (χ1n) is 9.14. The second-order valence-electron chi connectivity index (χ2n) is 7.11. The molecule has 5 heteroatoms. The fourth-order valence-corrected chi connectivity index (χ4v) is 3.59. The van der Waals surface area contributed by atoms with Gasteiger partial charge in [-0.15, -0.1) is 0 Å². The minimum atomic E-state index is -0.00365. The first kappa shape index (κ1) is 16.2. The van der Waals surface area contributed by atoms with Crippen LogP contribution in [0.5, 0.6) is 5.75 Å². The maximum atomic E-state index is 12.9. The van der Waals surface area contributed by atoms with E-state index in [0.717, 1.165) is 56.7 Å². The first-order valence-corrected chi connectivity index (χ1v) is 9.14. The Hall–Kier alpha value is -2.30. The molecule has 2 aliphatic rings. The summed E-state index contributed by atoms with van der Waals surface area (Å²) in [5.41, 5.74) is 1.72. The second kappa shape index (κ2) is 6.90. The van der Waals surface area contributed by atoms with Crippen molar-refractivity contribution in [1.29, 1.82) is 0 Å². The Morgan fingerprint density at radius 2 is 1.96 bits per heavy atom. The van der Waals surface area contributed by atoms with Crippen molar-refractivity contribution >= 4 is 5.91 Å². The van der Waals surface area contributed by atoms with Crippen LogP contribution < -0.4 is 4.74 Å². The quantitative estimate of drug-likeness (QED) is 0.845. The van der Waals surface area contributed by atoms with Crippen LogP contribution in [-0.4, -0.2) is 36.2 Å². The summed E-state index contributed by atoms with van der Waals surface area (Å²) in [5, 5.41) is 4.02. The van der Waals surface area contributed by atoms with Crippen molar-refractivity contribution in [3.63, 3.8) is 0 Å². The van der Waals surface area contributed by atoms with Crippen LogP contribution in [0.3, 0.4) is 0 Å². The molecule has 2 aromatic rings. The molecule has 25 heavy (non-hydrogen) atoms. The summed E-state index contributed by atoms with van der Waals surface area (Å²) in [5.74, 6) is 2.55. The van der Waals surface area contributed by atoms with Crippen LogP contribution in [0.2, 0.25) is 0 Å². The second-order valence-corrected chi connectivity index (χ2v) is 7.11. The summed E-state index contributed by atoms with van der Waals surface area (Å²) in [6.45, 7) is 1.52. The van der Waals surface area contributed by atoms with Gasteiger partial charge in [-0.25, -0.2) is 0 Å². The molecular formula is C20H24N2O3. The van der Waals surface area contributed by atoms with E-state index in [9.17, 15) is 4.79 Å². The van der Waals surface area contributed by atoms with E-state index in [1.54, 1.807) is 7.11 Å². The number of rotatable bonds is 4. The summed E-state index contributed by atoms with van der Waals surface area (Å²) in [6.07, 6.45) is 5.55. The zero-order valence-electron chi connectivity index (χ0n) is 14.6. The molecule has 1 aromatic carbocycles. The van der Waals surface area contributed by atoms with Crippen molar-refractivity contribution in [3.8, 4) is 5.75 Å². The van der Waals surface area contributed by atoms with E-state index in [1.807, 2.05) is 23.1 Å². The molecule has 1 aromatic heterocycles. The molecule has 0 spiro atoms. The van der Waals surface area contributed by atoms with Gasteiger partial charge in [0.05, 0.1) is 7.11 Å². The topological polar surface area (TPSA) is 55.6 Å². The number of hydrogen-bond donors (Lipinski definition) is 0. The van der Waals surface area contributed by atoms with Gasteiger partial charge in [-0.05, 0) is 43.4 Å². The molecule has 1 unspecified atom stereocenters. The minimum absolute atomic E-state index is 0.00365. The lowest BCUT2D eigenvalue weighted by molar-refractivity contribution is 0.0744. The Labute approximate surface area is 147 Å². The summed E-state index contributed by atoms with van der Waals surface area (Å²) < 4.78 is 10.6. The molecule has 1 amide bonds. The molecule has 4 rings (SSSR count). The highest BCUT2D eigenvalue weighted by Gasteiger charge is 2.31. The Bertz CT molecular complexity index is 734. The Kier molecular flexibility index (Phi) is 4.47. The van der Waals surface area contributed by atoms with Crippen molar-refractivity contribution in [1.82, 2.24) is 10.1 Å². The number of amides is 1. The van der Waals surface area contributed by atoms with Gasteiger partial charge in [0.25, 0.3) is 5.91 Å². The zero-order valence-corrected chi connectivity index (χ0v) is 14.6. The van der Waals surface area contributed by atoms with Gasteiger partial charge in [0, 0.05) is 31.0 Å². The molecule has 1 atom stereocenters. The highest BCUT2D eigenvalue weighted by molar-refractivity contribution is 5.92. The number of methoxy groups -OCH3 is 1. The molecule has 1 aliphatic heterocycles. The average molecular weight is 340 g/mol. The average Bonchev–Trinajstić information content (AvgIpc) is 3.43. The maximum absolute atomic E-state index is 12.9. The molecule has 0 N–H and O–H groups in total. The van der Waals surface area contributed by atoms with Crippen molar-refractivity contribution < 1.29 is 14.1 Å². The SMILES string of the molecule is COc1ccc(C2CCCCN(C(=O)c3cc(C4CC4)on3)C2)cc1. The van der Waals surface area contributed by atoms with Gasteiger partial charge in [0.15, 0.2) is 5.69 Å². The number of aromatic nitrogens is 1. The lowest BCUT2D eigenvalue weighted by Gasteiger charge is -2.24. The number of benzene rings is 1. The minimum Gasteiger partial charge on any atom is -0.497 e. The smallest absolute Gasteiger partial charge is 0.276 e. The predicted octanol–water partition coefficient (Wildman–Crippen LogP) is 3.97. The van der Waals surface area contributed by atoms with E-state index in [4.69, 9.17) is 9.26 Å². The molecular weight excluding hydrogens is 316 g/mol. The molecule has 0 bridgehead atoms. The van der Waals surface area contributed by atoms with Crippen LogP contribution in [0, 0.1) is 0 Å². The molecule has 1 saturated carbocycles. The predicted molar refractivity (Wildman–Crippen MR) is 94.0 cm³/mol. The number of hydrogen-bond acceptors (Lipinski definition) is 4. The zero-order chi connectivity index (χ0) is 17.2. The molecule has 132 valence electrons. The Morgan fingerprint density at radius 1 is 1.16 bits per heavy atom. The summed E-state index contributed by atoms with van der Waals surface area (Å²) >= 11 is 0. The first-order chi connectivity index (χ1) is 12.2. The number of ether oxygens (including phenoxy) is 1. The highest BCUT2D eigenvalue weighted by atomic mass is 16.5. The van der Waals surface area contributed by atoms with Gasteiger partial charge in [-0.2, -0.15) is 0 Å². The Balaban J connectivity index is 1.49. The van der Waals surface area contributed by atoms with Crippen LogP contribution in [0.15, 0.2) is 34.9 Å². The van der Waals surface area contributed by atoms with E-state index >= 15 is 0 Å². The molecule has 1 aliphatic carbocycles. The monoisotopic (exact) mass is 340 g/mol. The summed E-state index contributed by atoms with van der Waals surface area (Å²) in [6, 6.07) is 10.0. The van der Waals surface area contributed by atoms with Crippen LogP contribution in [-0.2, 0) is 0 Å². The van der Waals surface area contributed by atoms with Gasteiger partial charge in [0.1, 0.15) is 11.5 Å². The molecule has 5 nitrogen and oxygen atoms in total. The van der Waals surface area contributed by atoms with Crippen molar-refractivity contribution in [3.05, 3.63) is 47.3 Å². The molecule has 2 fully saturated rings. The van der Waals surface area contributed by atoms with Gasteiger partial charge in [-0.1, -0.05) is 23.7 Å². The van der Waals surface area contributed by atoms with Crippen LogP contribution in [0.1, 0.15) is 65.8 Å². The fourth-order valence-electron chi connectivity index (χ4n) is 3.59. The highest BCUT2D eigenvalue weighted by Crippen LogP contribution is 2.40. The number of nitrogens with zero attached hydrogens (tertiary/aromatic N) is 2. The maximum Gasteiger partial charge on any atom is 0.276 e. The number of likely N-dealkylation sites (tertiary alicyclic amines) is 1. The van der Waals surface area contributed by atoms with E-state index in [-0.39, 0.29) is 5.91 Å². The van der Waals surface area contributed by atoms with Crippen LogP contribution in [0.25, 0.3) is 0 Å². The van der Waals surface area contributed by atoms with E-state index in [0.29, 0.717) is 17.5 Å². The Morgan fingerprint density at radius 3 is 2.68 bits per heavy atom. The third-order valence-electron chi connectivity index (χ3n) is 5.27. The number of carbonyl (C=O) groups is 1. The summed E-state index contributed by atoms with van der Waals surface area (Å²) in [4.78, 5) is 14.8. The van der Waals surface area contributed by atoms with E-state index < -0.39 is 0 Å². The lowest BCUT2D eigenvalue weighted by atomic mass is 9.94. The van der Waals surface area contributed by atoms with Gasteiger partial charge >= 0.3 is 0 Å². The third kappa shape index (κ3) is 3.55. The standard InChI is InChI=1S/C20H24N2O3/c1-24-17-9-7-14(8-10-17)16-4-2-3-11-22(13-16)20(23)18-12-19(25-21-18)15-5-6-15/h7-10,12,15-16H,2-6,11,13H2,1H3. The van der Waals surface area contributed by atoms with Gasteiger partial charge < -0.3 is 14.2 Å². The number of carbonyl (C=O) groups excluding carboxylic acids is 1. The van der Waals surface area contributed by atoms with Gasteiger partial charge in [0.2, 0.25) is 0 Å². The summed E-state index contributed by atoms with van der Waals surface area (Å²) in [7, 11) is 1.68. The normalized spacial score (nSPS) is 21.0. The van der Waals surface area contributed by atoms with Crippen molar-refractivity contribution in [2.75, 3.05) is 20.2 Å². The molecule has 0 radical (unpaired) electrons. The van der Waals surface area contributed by atoms with Crippen molar-refractivity contribution in [2.45, 2.75) is 43.9 Å². The van der Waals surface area contributed by atoms with Crippen molar-refractivity contribution in [2.24, 2.45) is 0 Å². The largest absolute Gasteiger partial charge is 0.497 e.